The van der Waals surface area contributed by atoms with Gasteiger partial charge in [-0.25, -0.2) is 8.42 Å². The number of aliphatic hydroxyl groups excluding tert-OH is 2. The Bertz CT molecular complexity index is 1510. The van der Waals surface area contributed by atoms with Crippen LogP contribution in [0.15, 0.2) is 108 Å². The Balaban J connectivity index is 1.50. The van der Waals surface area contributed by atoms with Gasteiger partial charge in [0, 0.05) is 5.56 Å². The Morgan fingerprint density at radius 3 is 2.11 bits per heavy atom. The molecule has 38 heavy (non-hydrogen) atoms. The van der Waals surface area contributed by atoms with Crippen LogP contribution in [0.1, 0.15) is 31.1 Å². The van der Waals surface area contributed by atoms with Crippen LogP contribution in [0.25, 0.3) is 0 Å². The van der Waals surface area contributed by atoms with Gasteiger partial charge in [-0.1, -0.05) is 42.5 Å². The number of fused-ring (bicyclic) bond motifs is 1. The molecule has 5 rings (SSSR count). The summed E-state index contributed by atoms with van der Waals surface area (Å²) in [5.74, 6) is 1.70. The van der Waals surface area contributed by atoms with Crippen molar-refractivity contribution in [1.82, 2.24) is 0 Å². The zero-order valence-electron chi connectivity index (χ0n) is 21.1. The largest absolute Gasteiger partial charge is 0.485 e. The van der Waals surface area contributed by atoms with Crippen LogP contribution in [0.5, 0.6) is 17.2 Å². The zero-order valence-corrected chi connectivity index (χ0v) is 21.9. The zero-order chi connectivity index (χ0) is 26.9. The molecule has 0 radical (unpaired) electrons. The molecule has 0 saturated carbocycles. The lowest BCUT2D eigenvalue weighted by atomic mass is 9.88. The van der Waals surface area contributed by atoms with Crippen molar-refractivity contribution < 1.29 is 28.1 Å². The van der Waals surface area contributed by atoms with Gasteiger partial charge in [0.1, 0.15) is 35.1 Å². The normalized spacial score (nSPS) is 18.2. The number of nitrogens with zero attached hydrogens (tertiary/aromatic N) is 1. The molecule has 196 valence electrons. The summed E-state index contributed by atoms with van der Waals surface area (Å²) in [6.45, 7) is 3.41. The maximum absolute atomic E-state index is 13.8. The molecule has 2 N–H and O–H groups in total. The monoisotopic (exact) mass is 531 g/mol. The number of rotatable bonds is 7. The Morgan fingerprint density at radius 2 is 1.45 bits per heavy atom. The molecule has 0 unspecified atom stereocenters. The molecule has 1 aliphatic heterocycles. The summed E-state index contributed by atoms with van der Waals surface area (Å²) in [6, 6.07) is 29.5. The van der Waals surface area contributed by atoms with E-state index in [1.54, 1.807) is 86.6 Å². The number of hydrogen-bond donors (Lipinski definition) is 2. The minimum Gasteiger partial charge on any atom is -0.485 e. The fraction of sp³-hybridized carbons (Fsp3) is 0.200. The molecule has 2 atom stereocenters. The first-order valence-corrected chi connectivity index (χ1v) is 13.7. The van der Waals surface area contributed by atoms with Gasteiger partial charge < -0.3 is 19.7 Å². The molecular formula is C30H29NO6S. The van der Waals surface area contributed by atoms with Crippen molar-refractivity contribution >= 4 is 15.7 Å². The molecule has 8 heteroatoms. The van der Waals surface area contributed by atoms with E-state index in [0.717, 1.165) is 0 Å². The smallest absolute Gasteiger partial charge is 0.264 e. The molecule has 0 spiro atoms. The van der Waals surface area contributed by atoms with Crippen LogP contribution in [0.4, 0.5) is 5.69 Å². The first-order valence-electron chi connectivity index (χ1n) is 12.2. The lowest BCUT2D eigenvalue weighted by molar-refractivity contribution is -0.111. The molecule has 0 aliphatic carbocycles. The van der Waals surface area contributed by atoms with E-state index in [9.17, 15) is 18.6 Å². The van der Waals surface area contributed by atoms with Crippen molar-refractivity contribution in [3.63, 3.8) is 0 Å². The Hall–Kier alpha value is -3.85. The number of sulfonamides is 1. The van der Waals surface area contributed by atoms with E-state index in [0.29, 0.717) is 34.1 Å². The SMILES string of the molecule is CC1(C)Oc2ccc(CN(c3ccc(Oc4ccccc4)cc3)S(=O)(=O)c3ccccc3)cc2[C@H](O)[C@H]1O. The number of hydrogen-bond acceptors (Lipinski definition) is 6. The highest BCUT2D eigenvalue weighted by Gasteiger charge is 2.42. The summed E-state index contributed by atoms with van der Waals surface area (Å²) in [7, 11) is -3.94. The van der Waals surface area contributed by atoms with Gasteiger partial charge in [0.2, 0.25) is 0 Å². The Labute approximate surface area is 222 Å². The molecule has 4 aromatic rings. The maximum atomic E-state index is 13.8. The average molecular weight is 532 g/mol. The molecule has 0 fully saturated rings. The summed E-state index contributed by atoms with van der Waals surface area (Å²) in [5, 5.41) is 21.3. The van der Waals surface area contributed by atoms with Crippen LogP contribution in [-0.4, -0.2) is 30.3 Å². The Morgan fingerprint density at radius 1 is 0.842 bits per heavy atom. The van der Waals surface area contributed by atoms with Gasteiger partial charge in [0.05, 0.1) is 17.1 Å². The fourth-order valence-corrected chi connectivity index (χ4v) is 5.89. The van der Waals surface area contributed by atoms with E-state index in [4.69, 9.17) is 9.47 Å². The standard InChI is InChI=1S/C30H29NO6S/c1-30(2)29(33)28(32)26-19-21(13-18-27(26)37-30)20-31(38(34,35)25-11-7-4-8-12-25)22-14-16-24(17-15-22)36-23-9-5-3-6-10-23/h3-19,28-29,32-33H,20H2,1-2H3/t28-,29+/m0/s1. The van der Waals surface area contributed by atoms with Crippen LogP contribution in [-0.2, 0) is 16.6 Å². The quantitative estimate of drug-likeness (QED) is 0.330. The van der Waals surface area contributed by atoms with E-state index in [2.05, 4.69) is 0 Å². The van der Waals surface area contributed by atoms with Crippen molar-refractivity contribution in [3.8, 4) is 17.2 Å². The van der Waals surface area contributed by atoms with Crippen molar-refractivity contribution in [2.45, 2.75) is 43.1 Å². The molecule has 7 nitrogen and oxygen atoms in total. The molecule has 0 aromatic heterocycles. The van der Waals surface area contributed by atoms with Crippen molar-refractivity contribution in [1.29, 1.82) is 0 Å². The van der Waals surface area contributed by atoms with E-state index >= 15 is 0 Å². The summed E-state index contributed by atoms with van der Waals surface area (Å²) in [5.41, 5.74) is 0.533. The predicted octanol–water partition coefficient (Wildman–Crippen LogP) is 5.44. The van der Waals surface area contributed by atoms with Gasteiger partial charge in [0.15, 0.2) is 0 Å². The van der Waals surface area contributed by atoms with Crippen molar-refractivity contribution in [2.75, 3.05) is 4.31 Å². The van der Waals surface area contributed by atoms with Gasteiger partial charge in [0.25, 0.3) is 10.0 Å². The van der Waals surface area contributed by atoms with Crippen LogP contribution in [0, 0.1) is 0 Å². The van der Waals surface area contributed by atoms with E-state index in [1.807, 2.05) is 30.3 Å². The Kier molecular flexibility index (Phi) is 6.88. The maximum Gasteiger partial charge on any atom is 0.264 e. The van der Waals surface area contributed by atoms with E-state index in [-0.39, 0.29) is 11.4 Å². The van der Waals surface area contributed by atoms with Crippen LogP contribution in [0.2, 0.25) is 0 Å². The third kappa shape index (κ3) is 5.11. The topological polar surface area (TPSA) is 96.3 Å². The minimum absolute atomic E-state index is 0.00436. The van der Waals surface area contributed by atoms with Crippen LogP contribution < -0.4 is 13.8 Å². The van der Waals surface area contributed by atoms with Gasteiger partial charge in [-0.3, -0.25) is 4.31 Å². The number of anilines is 1. The summed E-state index contributed by atoms with van der Waals surface area (Å²) in [4.78, 5) is 0.156. The second-order valence-electron chi connectivity index (χ2n) is 9.70. The third-order valence-corrected chi connectivity index (χ3v) is 8.33. The number of aliphatic hydroxyl groups is 2. The molecule has 1 heterocycles. The molecule has 4 aromatic carbocycles. The summed E-state index contributed by atoms with van der Waals surface area (Å²) >= 11 is 0. The highest BCUT2D eigenvalue weighted by atomic mass is 32.2. The molecule has 1 aliphatic rings. The molecule has 0 saturated heterocycles. The summed E-state index contributed by atoms with van der Waals surface area (Å²) < 4.78 is 40.6. The molecular weight excluding hydrogens is 502 g/mol. The average Bonchev–Trinajstić information content (AvgIpc) is 2.92. The molecule has 0 bridgehead atoms. The summed E-state index contributed by atoms with van der Waals surface area (Å²) in [6.07, 6.45) is -2.30. The first-order chi connectivity index (χ1) is 18.1. The van der Waals surface area contributed by atoms with Gasteiger partial charge in [-0.15, -0.1) is 0 Å². The second kappa shape index (κ2) is 10.1. The number of ether oxygens (including phenoxy) is 2. The van der Waals surface area contributed by atoms with Crippen LogP contribution >= 0.6 is 0 Å². The first kappa shape index (κ1) is 25.8. The highest BCUT2D eigenvalue weighted by molar-refractivity contribution is 7.92. The number of para-hydroxylation sites is 1. The lowest BCUT2D eigenvalue weighted by Crippen LogP contribution is -2.48. The van der Waals surface area contributed by atoms with Gasteiger partial charge >= 0.3 is 0 Å². The van der Waals surface area contributed by atoms with Crippen LogP contribution in [0.3, 0.4) is 0 Å². The second-order valence-corrected chi connectivity index (χ2v) is 11.6. The van der Waals surface area contributed by atoms with E-state index < -0.39 is 27.8 Å². The van der Waals surface area contributed by atoms with Gasteiger partial charge in [-0.2, -0.15) is 0 Å². The lowest BCUT2D eigenvalue weighted by Gasteiger charge is -2.40. The van der Waals surface area contributed by atoms with Crippen molar-refractivity contribution in [3.05, 3.63) is 114 Å². The fourth-order valence-electron chi connectivity index (χ4n) is 4.42. The highest BCUT2D eigenvalue weighted by Crippen LogP contribution is 2.40. The molecule has 0 amide bonds. The predicted molar refractivity (Wildman–Crippen MR) is 145 cm³/mol. The minimum atomic E-state index is -3.94. The van der Waals surface area contributed by atoms with Gasteiger partial charge in [-0.05, 0) is 80.1 Å². The van der Waals surface area contributed by atoms with E-state index in [1.165, 1.54) is 4.31 Å². The third-order valence-electron chi connectivity index (χ3n) is 6.54. The van der Waals surface area contributed by atoms with Crippen molar-refractivity contribution in [2.24, 2.45) is 0 Å². The number of benzene rings is 4.